The van der Waals surface area contributed by atoms with Gasteiger partial charge in [0.1, 0.15) is 34.4 Å². The molecule has 6 nitrogen and oxygen atoms in total. The number of carbonyl (C=O) groups is 1. The summed E-state index contributed by atoms with van der Waals surface area (Å²) in [6.45, 7) is 2.06. The number of hydrogen-bond donors (Lipinski definition) is 0. The number of methoxy groups -OCH3 is 1. The number of halogens is 1. The fourth-order valence-electron chi connectivity index (χ4n) is 3.65. The Labute approximate surface area is 211 Å². The second-order valence-corrected chi connectivity index (χ2v) is 8.99. The van der Waals surface area contributed by atoms with Crippen LogP contribution in [-0.4, -0.2) is 27.8 Å². The second kappa shape index (κ2) is 10.1. The van der Waals surface area contributed by atoms with Gasteiger partial charge in [-0.1, -0.05) is 42.0 Å². The van der Waals surface area contributed by atoms with E-state index in [4.69, 9.17) is 9.47 Å². The molecule has 36 heavy (non-hydrogen) atoms. The molecule has 0 fully saturated rings. The van der Waals surface area contributed by atoms with E-state index in [0.29, 0.717) is 28.4 Å². The van der Waals surface area contributed by atoms with Crippen molar-refractivity contribution in [2.75, 3.05) is 7.11 Å². The maximum Gasteiger partial charge on any atom is 0.342 e. The summed E-state index contributed by atoms with van der Waals surface area (Å²) in [5.74, 6) is -0.257. The zero-order chi connectivity index (χ0) is 25.1. The summed E-state index contributed by atoms with van der Waals surface area (Å²) < 4.78 is 25.9. The standard InChI is InChI=1S/C28H22FN3O3S/c1-18-6-8-19(9-7-18)27-30-22(17-36-27)16-35-28(33)25-15-32(23-12-10-21(29)11-13-23)31-26(25)20-4-3-5-24(14-20)34-2/h3-15,17H,16H2,1-2H3. The molecular weight excluding hydrogens is 477 g/mol. The van der Waals surface area contributed by atoms with Crippen LogP contribution < -0.4 is 4.74 Å². The lowest BCUT2D eigenvalue weighted by Crippen LogP contribution is -2.06. The van der Waals surface area contributed by atoms with Crippen LogP contribution >= 0.6 is 11.3 Å². The Morgan fingerprint density at radius 3 is 2.56 bits per heavy atom. The van der Waals surface area contributed by atoms with Crippen molar-refractivity contribution in [2.24, 2.45) is 0 Å². The van der Waals surface area contributed by atoms with Gasteiger partial charge in [0.15, 0.2) is 0 Å². The summed E-state index contributed by atoms with van der Waals surface area (Å²) in [6, 6.07) is 21.3. The van der Waals surface area contributed by atoms with Gasteiger partial charge in [-0.3, -0.25) is 0 Å². The normalized spacial score (nSPS) is 10.9. The number of nitrogens with zero attached hydrogens (tertiary/aromatic N) is 3. The van der Waals surface area contributed by atoms with Gasteiger partial charge >= 0.3 is 5.97 Å². The van der Waals surface area contributed by atoms with Crippen molar-refractivity contribution in [3.63, 3.8) is 0 Å². The van der Waals surface area contributed by atoms with Gasteiger partial charge in [-0.05, 0) is 43.3 Å². The van der Waals surface area contributed by atoms with E-state index in [1.54, 1.807) is 31.5 Å². The van der Waals surface area contributed by atoms with Gasteiger partial charge in [0, 0.05) is 22.7 Å². The number of esters is 1. The Balaban J connectivity index is 1.41. The summed E-state index contributed by atoms with van der Waals surface area (Å²) in [5.41, 5.74) is 4.88. The van der Waals surface area contributed by atoms with Crippen LogP contribution in [0.25, 0.3) is 27.5 Å². The van der Waals surface area contributed by atoms with E-state index < -0.39 is 5.97 Å². The van der Waals surface area contributed by atoms with Crippen LogP contribution in [0.2, 0.25) is 0 Å². The van der Waals surface area contributed by atoms with Crippen molar-refractivity contribution in [3.8, 4) is 33.3 Å². The maximum absolute atomic E-state index is 13.4. The molecule has 5 aromatic rings. The highest BCUT2D eigenvalue weighted by Crippen LogP contribution is 2.28. The third-order valence-corrected chi connectivity index (χ3v) is 6.51. The first-order valence-corrected chi connectivity index (χ1v) is 12.1. The topological polar surface area (TPSA) is 66.2 Å². The molecule has 0 aliphatic heterocycles. The third kappa shape index (κ3) is 5.04. The van der Waals surface area contributed by atoms with Crippen molar-refractivity contribution in [1.82, 2.24) is 14.8 Å². The van der Waals surface area contributed by atoms with E-state index in [0.717, 1.165) is 10.6 Å². The molecule has 3 aromatic carbocycles. The first-order valence-electron chi connectivity index (χ1n) is 11.2. The zero-order valence-corrected chi connectivity index (χ0v) is 20.5. The molecule has 0 aliphatic rings. The summed E-state index contributed by atoms with van der Waals surface area (Å²) in [6.07, 6.45) is 1.59. The van der Waals surface area contributed by atoms with Gasteiger partial charge in [0.05, 0.1) is 18.5 Å². The first-order chi connectivity index (χ1) is 17.5. The van der Waals surface area contributed by atoms with Crippen molar-refractivity contribution >= 4 is 17.3 Å². The average molecular weight is 500 g/mol. The van der Waals surface area contributed by atoms with Crippen molar-refractivity contribution in [3.05, 3.63) is 107 Å². The highest BCUT2D eigenvalue weighted by molar-refractivity contribution is 7.13. The van der Waals surface area contributed by atoms with Crippen molar-refractivity contribution < 1.29 is 18.7 Å². The molecule has 0 saturated heterocycles. The first kappa shape index (κ1) is 23.4. The van der Waals surface area contributed by atoms with E-state index in [9.17, 15) is 9.18 Å². The van der Waals surface area contributed by atoms with Gasteiger partial charge in [-0.15, -0.1) is 11.3 Å². The van der Waals surface area contributed by atoms with Crippen LogP contribution in [0.1, 0.15) is 21.6 Å². The number of benzene rings is 3. The monoisotopic (exact) mass is 499 g/mol. The van der Waals surface area contributed by atoms with Gasteiger partial charge in [-0.2, -0.15) is 5.10 Å². The van der Waals surface area contributed by atoms with E-state index >= 15 is 0 Å². The zero-order valence-electron chi connectivity index (χ0n) is 19.6. The van der Waals surface area contributed by atoms with Crippen LogP contribution in [0, 0.1) is 12.7 Å². The minimum Gasteiger partial charge on any atom is -0.497 e. The number of aryl methyl sites for hydroxylation is 1. The minimum atomic E-state index is -0.536. The van der Waals surface area contributed by atoms with Crippen molar-refractivity contribution in [2.45, 2.75) is 13.5 Å². The lowest BCUT2D eigenvalue weighted by Gasteiger charge is -2.05. The maximum atomic E-state index is 13.4. The predicted molar refractivity (Wildman–Crippen MR) is 137 cm³/mol. The molecule has 8 heteroatoms. The van der Waals surface area contributed by atoms with Crippen molar-refractivity contribution in [1.29, 1.82) is 0 Å². The molecule has 2 heterocycles. The molecule has 2 aromatic heterocycles. The molecule has 0 aliphatic carbocycles. The van der Waals surface area contributed by atoms with Gasteiger partial charge in [-0.25, -0.2) is 18.9 Å². The molecule has 5 rings (SSSR count). The fraction of sp³-hybridized carbons (Fsp3) is 0.107. The quantitative estimate of drug-likeness (QED) is 0.240. The SMILES string of the molecule is COc1cccc(-c2nn(-c3ccc(F)cc3)cc2C(=O)OCc2csc(-c3ccc(C)cc3)n2)c1. The van der Waals surface area contributed by atoms with E-state index in [1.165, 1.54) is 33.7 Å². The largest absolute Gasteiger partial charge is 0.497 e. The average Bonchev–Trinajstić information content (AvgIpc) is 3.56. The highest BCUT2D eigenvalue weighted by Gasteiger charge is 2.21. The molecule has 0 radical (unpaired) electrons. The Morgan fingerprint density at radius 1 is 1.03 bits per heavy atom. The van der Waals surface area contributed by atoms with Gasteiger partial charge in [0.25, 0.3) is 0 Å². The van der Waals surface area contributed by atoms with Gasteiger partial charge < -0.3 is 9.47 Å². The number of carbonyl (C=O) groups excluding carboxylic acids is 1. The molecule has 0 unspecified atom stereocenters. The molecule has 0 N–H and O–H groups in total. The molecule has 180 valence electrons. The molecule has 0 amide bonds. The van der Waals surface area contributed by atoms with E-state index in [-0.39, 0.29) is 18.0 Å². The second-order valence-electron chi connectivity index (χ2n) is 8.13. The van der Waals surface area contributed by atoms with E-state index in [1.807, 2.05) is 54.8 Å². The Kier molecular flexibility index (Phi) is 6.60. The molecular formula is C28H22FN3O3S. The van der Waals surface area contributed by atoms with Crippen LogP contribution in [0.15, 0.2) is 84.4 Å². The predicted octanol–water partition coefficient (Wildman–Crippen LogP) is 6.48. The summed E-state index contributed by atoms with van der Waals surface area (Å²) in [4.78, 5) is 17.8. The number of thiazole rings is 1. The highest BCUT2D eigenvalue weighted by atomic mass is 32.1. The fourth-order valence-corrected chi connectivity index (χ4v) is 4.46. The molecule has 0 spiro atoms. The number of rotatable bonds is 7. The lowest BCUT2D eigenvalue weighted by atomic mass is 10.1. The van der Waals surface area contributed by atoms with Crippen LogP contribution in [0.3, 0.4) is 0 Å². The number of aromatic nitrogens is 3. The lowest BCUT2D eigenvalue weighted by molar-refractivity contribution is 0.0469. The number of ether oxygens (including phenoxy) is 2. The van der Waals surface area contributed by atoms with Crippen LogP contribution in [0.4, 0.5) is 4.39 Å². The minimum absolute atomic E-state index is 0.0282. The van der Waals surface area contributed by atoms with Crippen LogP contribution in [-0.2, 0) is 11.3 Å². The summed E-state index contributed by atoms with van der Waals surface area (Å²) in [5, 5.41) is 7.35. The molecule has 0 atom stereocenters. The smallest absolute Gasteiger partial charge is 0.342 e. The third-order valence-electron chi connectivity index (χ3n) is 5.57. The Morgan fingerprint density at radius 2 is 1.81 bits per heavy atom. The van der Waals surface area contributed by atoms with Crippen LogP contribution in [0.5, 0.6) is 5.75 Å². The molecule has 0 bridgehead atoms. The Bertz CT molecular complexity index is 1510. The van der Waals surface area contributed by atoms with Gasteiger partial charge in [0.2, 0.25) is 0 Å². The summed E-state index contributed by atoms with van der Waals surface area (Å²) in [7, 11) is 1.57. The van der Waals surface area contributed by atoms with E-state index in [2.05, 4.69) is 10.1 Å². The molecule has 0 saturated carbocycles. The summed E-state index contributed by atoms with van der Waals surface area (Å²) >= 11 is 1.50. The Hall–Kier alpha value is -4.30. The number of hydrogen-bond acceptors (Lipinski definition) is 6.